The Labute approximate surface area is 121 Å². The molecule has 100 valence electrons. The Bertz CT molecular complexity index is 660. The van der Waals surface area contributed by atoms with Crippen molar-refractivity contribution in [3.8, 4) is 0 Å². The third-order valence-electron chi connectivity index (χ3n) is 3.72. The summed E-state index contributed by atoms with van der Waals surface area (Å²) >= 11 is 11.9. The van der Waals surface area contributed by atoms with Crippen molar-refractivity contribution in [1.82, 2.24) is 9.40 Å². The Kier molecular flexibility index (Phi) is 3.52. The van der Waals surface area contributed by atoms with Gasteiger partial charge in [-0.25, -0.2) is 4.42 Å². The molecule has 1 N–H and O–H groups in total. The molecule has 0 amide bonds. The maximum absolute atomic E-state index is 12.2. The second-order valence-corrected chi connectivity index (χ2v) is 5.88. The molecule has 19 heavy (non-hydrogen) atoms. The van der Waals surface area contributed by atoms with Crippen molar-refractivity contribution in [3.63, 3.8) is 0 Å². The van der Waals surface area contributed by atoms with E-state index < -0.39 is 0 Å². The van der Waals surface area contributed by atoms with Crippen LogP contribution in [0.3, 0.4) is 0 Å². The number of aromatic amines is 1. The summed E-state index contributed by atoms with van der Waals surface area (Å²) in [6.07, 6.45) is 1.84. The lowest BCUT2D eigenvalue weighted by atomic mass is 9.90. The summed E-state index contributed by atoms with van der Waals surface area (Å²) in [5.74, 6) is 0.291. The lowest BCUT2D eigenvalue weighted by Crippen LogP contribution is -2.28. The van der Waals surface area contributed by atoms with Gasteiger partial charge in [-0.2, -0.15) is 0 Å². The first-order valence-electron chi connectivity index (χ1n) is 6.37. The van der Waals surface area contributed by atoms with E-state index in [1.807, 2.05) is 18.2 Å². The minimum absolute atomic E-state index is 0.0113. The van der Waals surface area contributed by atoms with Crippen LogP contribution in [0.2, 0.25) is 5.02 Å². The molecule has 0 atom stereocenters. The van der Waals surface area contributed by atoms with E-state index in [1.165, 1.54) is 0 Å². The van der Waals surface area contributed by atoms with Crippen LogP contribution in [-0.2, 0) is 0 Å². The van der Waals surface area contributed by atoms with Crippen LogP contribution in [0.1, 0.15) is 24.3 Å². The fourth-order valence-corrected chi connectivity index (χ4v) is 3.02. The van der Waals surface area contributed by atoms with Crippen molar-refractivity contribution >= 4 is 34.3 Å². The van der Waals surface area contributed by atoms with E-state index in [-0.39, 0.29) is 5.56 Å². The number of benzene rings is 1. The van der Waals surface area contributed by atoms with Gasteiger partial charge in [0.1, 0.15) is 0 Å². The van der Waals surface area contributed by atoms with Gasteiger partial charge < -0.3 is 4.98 Å². The summed E-state index contributed by atoms with van der Waals surface area (Å²) in [5.41, 5.74) is 1.64. The molecule has 1 fully saturated rings. The fraction of sp³-hybridized carbons (Fsp3) is 0.357. The molecule has 2 aromatic rings. The van der Waals surface area contributed by atoms with Gasteiger partial charge in [-0.1, -0.05) is 17.7 Å². The van der Waals surface area contributed by atoms with Crippen molar-refractivity contribution in [2.75, 3.05) is 13.1 Å². The van der Waals surface area contributed by atoms with Crippen LogP contribution in [0.4, 0.5) is 0 Å². The lowest BCUT2D eigenvalue weighted by molar-refractivity contribution is 0.335. The van der Waals surface area contributed by atoms with E-state index in [1.54, 1.807) is 10.5 Å². The third-order valence-corrected chi connectivity index (χ3v) is 4.29. The van der Waals surface area contributed by atoms with Crippen molar-refractivity contribution in [2.45, 2.75) is 18.8 Å². The van der Waals surface area contributed by atoms with Crippen LogP contribution in [0.25, 0.3) is 10.9 Å². The smallest absolute Gasteiger partial charge is 0.251 e. The Balaban J connectivity index is 2.02. The summed E-state index contributed by atoms with van der Waals surface area (Å²) < 4.78 is 1.78. The topological polar surface area (TPSA) is 36.1 Å². The zero-order chi connectivity index (χ0) is 13.4. The Hall–Kier alpha value is -1.03. The molecule has 1 aliphatic heterocycles. The predicted molar refractivity (Wildman–Crippen MR) is 79.0 cm³/mol. The first-order chi connectivity index (χ1) is 9.13. The van der Waals surface area contributed by atoms with Crippen LogP contribution in [-0.4, -0.2) is 22.5 Å². The second kappa shape index (κ2) is 5.16. The van der Waals surface area contributed by atoms with E-state index in [0.29, 0.717) is 10.9 Å². The van der Waals surface area contributed by atoms with Crippen molar-refractivity contribution in [2.24, 2.45) is 0 Å². The molecule has 1 aliphatic rings. The predicted octanol–water partition coefficient (Wildman–Crippen LogP) is 3.51. The minimum atomic E-state index is -0.0113. The van der Waals surface area contributed by atoms with E-state index in [2.05, 4.69) is 4.98 Å². The molecule has 5 heteroatoms. The maximum atomic E-state index is 12.2. The normalized spacial score (nSPS) is 18.0. The highest BCUT2D eigenvalue weighted by Crippen LogP contribution is 2.28. The molecule has 1 aromatic carbocycles. The van der Waals surface area contributed by atoms with E-state index in [4.69, 9.17) is 23.4 Å². The molecule has 0 saturated carbocycles. The van der Waals surface area contributed by atoms with Gasteiger partial charge in [0, 0.05) is 29.2 Å². The zero-order valence-electron chi connectivity index (χ0n) is 10.3. The Morgan fingerprint density at radius 3 is 2.68 bits per heavy atom. The van der Waals surface area contributed by atoms with Gasteiger partial charge in [-0.05, 0) is 54.1 Å². The number of rotatable bonds is 1. The summed E-state index contributed by atoms with van der Waals surface area (Å²) in [5, 5.41) is 1.65. The average molecular weight is 297 g/mol. The number of halogens is 2. The van der Waals surface area contributed by atoms with Crippen molar-refractivity contribution < 1.29 is 0 Å². The molecular weight excluding hydrogens is 283 g/mol. The fourth-order valence-electron chi connectivity index (χ4n) is 2.65. The van der Waals surface area contributed by atoms with Gasteiger partial charge in [-0.3, -0.25) is 4.79 Å². The summed E-state index contributed by atoms with van der Waals surface area (Å²) in [6, 6.07) is 7.55. The number of H-pyrrole nitrogens is 1. The highest BCUT2D eigenvalue weighted by atomic mass is 35.5. The summed E-state index contributed by atoms with van der Waals surface area (Å²) in [6.45, 7) is 1.65. The molecule has 3 rings (SSSR count). The summed E-state index contributed by atoms with van der Waals surface area (Å²) in [7, 11) is 0. The van der Waals surface area contributed by atoms with Gasteiger partial charge in [-0.15, -0.1) is 0 Å². The molecule has 0 unspecified atom stereocenters. The molecule has 0 spiro atoms. The molecule has 1 aromatic heterocycles. The highest BCUT2D eigenvalue weighted by molar-refractivity contribution is 6.31. The number of nitrogens with zero attached hydrogens (tertiary/aromatic N) is 1. The molecule has 0 radical (unpaired) electrons. The molecule has 2 heterocycles. The number of aromatic nitrogens is 1. The van der Waals surface area contributed by atoms with Crippen LogP contribution in [0, 0.1) is 0 Å². The minimum Gasteiger partial charge on any atom is -0.322 e. The van der Waals surface area contributed by atoms with Gasteiger partial charge >= 0.3 is 0 Å². The maximum Gasteiger partial charge on any atom is 0.251 e. The van der Waals surface area contributed by atoms with Crippen LogP contribution in [0.15, 0.2) is 29.1 Å². The van der Waals surface area contributed by atoms with Crippen LogP contribution < -0.4 is 5.56 Å². The largest absolute Gasteiger partial charge is 0.322 e. The second-order valence-electron chi connectivity index (χ2n) is 4.97. The number of hydrogen-bond acceptors (Lipinski definition) is 2. The number of piperidine rings is 1. The van der Waals surface area contributed by atoms with Crippen LogP contribution in [0.5, 0.6) is 0 Å². The first-order valence-corrected chi connectivity index (χ1v) is 7.08. The van der Waals surface area contributed by atoms with E-state index in [9.17, 15) is 4.79 Å². The number of nitrogens with one attached hydrogen (secondary N) is 1. The zero-order valence-corrected chi connectivity index (χ0v) is 11.8. The molecule has 0 bridgehead atoms. The molecule has 0 aliphatic carbocycles. The van der Waals surface area contributed by atoms with Crippen molar-refractivity contribution in [3.05, 3.63) is 45.2 Å². The number of hydrogen-bond donors (Lipinski definition) is 1. The van der Waals surface area contributed by atoms with Gasteiger partial charge in [0.15, 0.2) is 0 Å². The molecule has 3 nitrogen and oxygen atoms in total. The van der Waals surface area contributed by atoms with Gasteiger partial charge in [0.05, 0.1) is 0 Å². The standard InChI is InChI=1S/C14H14Cl2N2O/c15-11-2-1-10-7-12(14(19)17-13(10)8-11)9-3-5-18(16)6-4-9/h1-2,7-9H,3-6H2,(H,17,19). The van der Waals surface area contributed by atoms with Crippen molar-refractivity contribution in [1.29, 1.82) is 0 Å². The van der Waals surface area contributed by atoms with Crippen LogP contribution >= 0.6 is 23.4 Å². The quantitative estimate of drug-likeness (QED) is 0.818. The SMILES string of the molecule is O=c1[nH]c2cc(Cl)ccc2cc1C1CCN(Cl)CC1. The summed E-state index contributed by atoms with van der Waals surface area (Å²) in [4.78, 5) is 15.1. The third kappa shape index (κ3) is 2.64. The van der Waals surface area contributed by atoms with E-state index >= 15 is 0 Å². The molecular formula is C14H14Cl2N2O. The highest BCUT2D eigenvalue weighted by Gasteiger charge is 2.22. The average Bonchev–Trinajstić information content (AvgIpc) is 2.39. The lowest BCUT2D eigenvalue weighted by Gasteiger charge is -2.26. The number of fused-ring (bicyclic) bond motifs is 1. The molecule has 1 saturated heterocycles. The van der Waals surface area contributed by atoms with Gasteiger partial charge in [0.25, 0.3) is 5.56 Å². The van der Waals surface area contributed by atoms with E-state index in [0.717, 1.165) is 42.4 Å². The number of pyridine rings is 1. The Morgan fingerprint density at radius 2 is 1.95 bits per heavy atom. The first kappa shape index (κ1) is 13.0. The monoisotopic (exact) mass is 296 g/mol. The van der Waals surface area contributed by atoms with Gasteiger partial charge in [0.2, 0.25) is 0 Å². The Morgan fingerprint density at radius 1 is 1.21 bits per heavy atom.